The molecule has 0 aliphatic heterocycles. The molecular weight excluding hydrogens is 360 g/mol. The predicted molar refractivity (Wildman–Crippen MR) is 97.3 cm³/mol. The fourth-order valence-corrected chi connectivity index (χ4v) is 4.97. The molecule has 25 heavy (non-hydrogen) atoms. The Bertz CT molecular complexity index is 624. The van der Waals surface area contributed by atoms with Crippen LogP contribution >= 0.6 is 23.5 Å². The second-order valence-corrected chi connectivity index (χ2v) is 8.63. The van der Waals surface area contributed by atoms with Crippen LogP contribution in [0.25, 0.3) is 0 Å². The second-order valence-electron chi connectivity index (χ2n) is 6.83. The molecule has 2 bridgehead atoms. The Kier molecular flexibility index (Phi) is 6.27. The minimum atomic E-state index is -0.422. The van der Waals surface area contributed by atoms with Gasteiger partial charge in [0.05, 0.1) is 11.5 Å². The molecule has 1 heterocycles. The number of hydrogen-bond acceptors (Lipinski definition) is 7. The van der Waals surface area contributed by atoms with Crippen molar-refractivity contribution in [3.63, 3.8) is 0 Å². The number of rotatable bonds is 7. The van der Waals surface area contributed by atoms with Crippen LogP contribution in [0.2, 0.25) is 0 Å². The average molecular weight is 385 g/mol. The molecule has 3 rings (SSSR count). The third-order valence-corrected chi connectivity index (χ3v) is 6.44. The van der Waals surface area contributed by atoms with Crippen molar-refractivity contribution in [3.8, 4) is 0 Å². The van der Waals surface area contributed by atoms with Gasteiger partial charge in [-0.05, 0) is 50.2 Å². The molecule has 0 unspecified atom stereocenters. The van der Waals surface area contributed by atoms with E-state index in [0.29, 0.717) is 22.8 Å². The first kappa shape index (κ1) is 18.6. The minimum absolute atomic E-state index is 0.0663. The van der Waals surface area contributed by atoms with Crippen LogP contribution in [-0.4, -0.2) is 40.2 Å². The standard InChI is InChI=1S/C16H24N4O3S2/c1-9(12-6-10-3-4-11(12)5-10)17-15(22)18-13(21)7-25-16-20-19-14(23-16)8-24-2/h9-12H,3-8H2,1-2H3,(H2,17,18,21,22)/t9-,10-,11-,12-/m0/s1. The second kappa shape index (κ2) is 8.44. The molecule has 2 aliphatic rings. The average Bonchev–Trinajstić information content (AvgIpc) is 3.29. The normalized spacial score (nSPS) is 25.8. The first-order valence-corrected chi connectivity index (χ1v) is 11.0. The molecule has 138 valence electrons. The summed E-state index contributed by atoms with van der Waals surface area (Å²) in [6, 6.07) is -0.324. The van der Waals surface area contributed by atoms with Crippen molar-refractivity contribution in [2.45, 2.75) is 49.6 Å². The lowest BCUT2D eigenvalue weighted by Crippen LogP contribution is -2.47. The number of thioether (sulfide) groups is 2. The van der Waals surface area contributed by atoms with Gasteiger partial charge in [-0.1, -0.05) is 18.2 Å². The van der Waals surface area contributed by atoms with E-state index in [0.717, 1.165) is 23.6 Å². The highest BCUT2D eigenvalue weighted by Crippen LogP contribution is 2.49. The van der Waals surface area contributed by atoms with Gasteiger partial charge in [0.25, 0.3) is 5.22 Å². The maximum absolute atomic E-state index is 12.0. The fourth-order valence-electron chi connectivity index (χ4n) is 4.02. The SMILES string of the molecule is CSCc1nnc(SCC(=O)NC(=O)N[C@@H](C)[C@@H]2C[C@H]3CC[C@H]2C3)o1. The first-order valence-electron chi connectivity index (χ1n) is 8.59. The van der Waals surface area contributed by atoms with Crippen LogP contribution in [0.15, 0.2) is 9.64 Å². The van der Waals surface area contributed by atoms with Crippen molar-refractivity contribution in [1.29, 1.82) is 0 Å². The number of aromatic nitrogens is 2. The third-order valence-electron chi connectivity index (χ3n) is 5.09. The van der Waals surface area contributed by atoms with Crippen LogP contribution in [0, 0.1) is 17.8 Å². The van der Waals surface area contributed by atoms with E-state index in [9.17, 15) is 9.59 Å². The topological polar surface area (TPSA) is 97.1 Å². The largest absolute Gasteiger partial charge is 0.415 e. The molecule has 9 heteroatoms. The number of carbonyl (C=O) groups is 2. The summed E-state index contributed by atoms with van der Waals surface area (Å²) in [5, 5.41) is 13.4. The zero-order valence-electron chi connectivity index (χ0n) is 14.5. The number of amides is 3. The summed E-state index contributed by atoms with van der Waals surface area (Å²) in [7, 11) is 0. The van der Waals surface area contributed by atoms with E-state index in [1.807, 2.05) is 13.2 Å². The van der Waals surface area contributed by atoms with E-state index in [1.165, 1.54) is 25.7 Å². The molecule has 2 fully saturated rings. The Balaban J connectivity index is 1.37. The van der Waals surface area contributed by atoms with Crippen molar-refractivity contribution in [3.05, 3.63) is 5.89 Å². The van der Waals surface area contributed by atoms with E-state index in [-0.39, 0.29) is 17.7 Å². The quantitative estimate of drug-likeness (QED) is 0.698. The molecule has 0 aromatic carbocycles. The van der Waals surface area contributed by atoms with Gasteiger partial charge >= 0.3 is 6.03 Å². The number of urea groups is 1. The predicted octanol–water partition coefficient (Wildman–Crippen LogP) is 2.68. The summed E-state index contributed by atoms with van der Waals surface area (Å²) in [6.07, 6.45) is 7.06. The maximum Gasteiger partial charge on any atom is 0.321 e. The van der Waals surface area contributed by atoms with Gasteiger partial charge in [-0.3, -0.25) is 10.1 Å². The number of carbonyl (C=O) groups excluding carboxylic acids is 2. The molecule has 3 amide bonds. The van der Waals surface area contributed by atoms with Crippen LogP contribution in [0.4, 0.5) is 4.79 Å². The van der Waals surface area contributed by atoms with Crippen LogP contribution in [0.3, 0.4) is 0 Å². The third kappa shape index (κ3) is 4.91. The smallest absolute Gasteiger partial charge is 0.321 e. The lowest BCUT2D eigenvalue weighted by Gasteiger charge is -2.28. The Hall–Kier alpha value is -1.22. The summed E-state index contributed by atoms with van der Waals surface area (Å²) in [4.78, 5) is 23.9. The van der Waals surface area contributed by atoms with Crippen LogP contribution in [0.5, 0.6) is 0 Å². The van der Waals surface area contributed by atoms with Gasteiger partial charge in [-0.15, -0.1) is 10.2 Å². The lowest BCUT2D eigenvalue weighted by atomic mass is 9.84. The number of nitrogens with one attached hydrogen (secondary N) is 2. The molecule has 1 aromatic rings. The Morgan fingerprint density at radius 1 is 1.32 bits per heavy atom. The van der Waals surface area contributed by atoms with E-state index in [1.54, 1.807) is 11.8 Å². The molecular formula is C16H24N4O3S2. The Morgan fingerprint density at radius 2 is 2.16 bits per heavy atom. The van der Waals surface area contributed by atoms with Crippen molar-refractivity contribution >= 4 is 35.5 Å². The number of nitrogens with zero attached hydrogens (tertiary/aromatic N) is 2. The molecule has 4 atom stereocenters. The number of fused-ring (bicyclic) bond motifs is 2. The minimum Gasteiger partial charge on any atom is -0.415 e. The zero-order valence-corrected chi connectivity index (χ0v) is 16.1. The molecule has 0 spiro atoms. The van der Waals surface area contributed by atoms with Crippen molar-refractivity contribution in [2.75, 3.05) is 12.0 Å². The summed E-state index contributed by atoms with van der Waals surface area (Å²) < 4.78 is 5.38. The molecule has 7 nitrogen and oxygen atoms in total. The summed E-state index contributed by atoms with van der Waals surface area (Å²) in [6.45, 7) is 2.04. The van der Waals surface area contributed by atoms with Crippen molar-refractivity contribution in [1.82, 2.24) is 20.8 Å². The van der Waals surface area contributed by atoms with Gasteiger partial charge in [0, 0.05) is 6.04 Å². The van der Waals surface area contributed by atoms with Crippen LogP contribution < -0.4 is 10.6 Å². The molecule has 2 aliphatic carbocycles. The Labute approximate surface area is 155 Å². The first-order chi connectivity index (χ1) is 12.0. The summed E-state index contributed by atoms with van der Waals surface area (Å²) in [5.74, 6) is 2.99. The van der Waals surface area contributed by atoms with Gasteiger partial charge in [0.2, 0.25) is 11.8 Å². The maximum atomic E-state index is 12.0. The van der Waals surface area contributed by atoms with E-state index >= 15 is 0 Å². The molecule has 1 aromatic heterocycles. The highest BCUT2D eigenvalue weighted by Gasteiger charge is 2.42. The molecule has 0 radical (unpaired) electrons. The fraction of sp³-hybridized carbons (Fsp3) is 0.750. The van der Waals surface area contributed by atoms with Crippen molar-refractivity contribution in [2.24, 2.45) is 17.8 Å². The van der Waals surface area contributed by atoms with E-state index < -0.39 is 6.03 Å². The summed E-state index contributed by atoms with van der Waals surface area (Å²) in [5.41, 5.74) is 0. The van der Waals surface area contributed by atoms with Gasteiger partial charge in [-0.2, -0.15) is 11.8 Å². The van der Waals surface area contributed by atoms with Crippen LogP contribution in [-0.2, 0) is 10.5 Å². The lowest BCUT2D eigenvalue weighted by molar-refractivity contribution is -0.117. The summed E-state index contributed by atoms with van der Waals surface area (Å²) >= 11 is 2.71. The van der Waals surface area contributed by atoms with Gasteiger partial charge < -0.3 is 9.73 Å². The zero-order chi connectivity index (χ0) is 17.8. The van der Waals surface area contributed by atoms with Gasteiger partial charge in [0.15, 0.2) is 0 Å². The van der Waals surface area contributed by atoms with E-state index in [4.69, 9.17) is 4.42 Å². The number of imide groups is 1. The molecule has 2 N–H and O–H groups in total. The van der Waals surface area contributed by atoms with Gasteiger partial charge in [0.1, 0.15) is 0 Å². The van der Waals surface area contributed by atoms with Gasteiger partial charge in [-0.25, -0.2) is 4.79 Å². The Morgan fingerprint density at radius 3 is 2.84 bits per heavy atom. The highest BCUT2D eigenvalue weighted by atomic mass is 32.2. The van der Waals surface area contributed by atoms with E-state index in [2.05, 4.69) is 20.8 Å². The van der Waals surface area contributed by atoms with Crippen molar-refractivity contribution < 1.29 is 14.0 Å². The van der Waals surface area contributed by atoms with Crippen LogP contribution in [0.1, 0.15) is 38.5 Å². The number of hydrogen-bond donors (Lipinski definition) is 2. The molecule has 2 saturated carbocycles. The highest BCUT2D eigenvalue weighted by molar-refractivity contribution is 7.99. The molecule has 0 saturated heterocycles. The monoisotopic (exact) mass is 384 g/mol.